The molecule has 2 N–H and O–H groups in total. The van der Waals surface area contributed by atoms with E-state index in [1.807, 2.05) is 53.9 Å². The summed E-state index contributed by atoms with van der Waals surface area (Å²) >= 11 is 0. The predicted octanol–water partition coefficient (Wildman–Crippen LogP) is 1.86. The van der Waals surface area contributed by atoms with Crippen LogP contribution in [-0.4, -0.2) is 27.1 Å². The van der Waals surface area contributed by atoms with Gasteiger partial charge in [-0.05, 0) is 36.8 Å². The van der Waals surface area contributed by atoms with Gasteiger partial charge in [-0.3, -0.25) is 4.40 Å². The highest BCUT2D eigenvalue weighted by atomic mass is 15.3. The Kier molecular flexibility index (Phi) is 5.22. The maximum absolute atomic E-state index is 8.97. The van der Waals surface area contributed by atoms with Gasteiger partial charge in [-0.2, -0.15) is 5.26 Å². The molecule has 0 fully saturated rings. The van der Waals surface area contributed by atoms with Crippen LogP contribution in [0.5, 0.6) is 0 Å². The largest absolute Gasteiger partial charge is 0.357 e. The van der Waals surface area contributed by atoms with Crippen molar-refractivity contribution in [2.75, 3.05) is 6.54 Å². The second-order valence-electron chi connectivity index (χ2n) is 5.41. The van der Waals surface area contributed by atoms with E-state index in [0.29, 0.717) is 24.6 Å². The van der Waals surface area contributed by atoms with E-state index in [2.05, 4.69) is 31.9 Å². The summed E-state index contributed by atoms with van der Waals surface area (Å²) in [5.41, 5.74) is 2.44. The highest BCUT2D eigenvalue weighted by Crippen LogP contribution is 2.06. The van der Waals surface area contributed by atoms with Crippen molar-refractivity contribution >= 4 is 11.6 Å². The van der Waals surface area contributed by atoms with Gasteiger partial charge in [0.1, 0.15) is 0 Å². The minimum atomic E-state index is 0.492. The Morgan fingerprint density at radius 3 is 2.96 bits per heavy atom. The van der Waals surface area contributed by atoms with E-state index in [-0.39, 0.29) is 0 Å². The zero-order chi connectivity index (χ0) is 17.5. The third-order valence-electron chi connectivity index (χ3n) is 3.62. The maximum Gasteiger partial charge on any atom is 0.191 e. The third-order valence-corrected chi connectivity index (χ3v) is 3.62. The molecule has 0 saturated carbocycles. The standard InChI is InChI=1S/C18H19N7/c1-2-20-18(21-12-15-7-5-6-14(10-15)11-19)22-13-17-24-23-16-8-3-4-9-25(16)17/h3-10H,2,12-13H2,1H3,(H2,20,21,22). The molecule has 2 aromatic heterocycles. The van der Waals surface area contributed by atoms with Crippen LogP contribution >= 0.6 is 0 Å². The zero-order valence-corrected chi connectivity index (χ0v) is 14.0. The molecular weight excluding hydrogens is 314 g/mol. The second-order valence-corrected chi connectivity index (χ2v) is 5.41. The topological polar surface area (TPSA) is 90.4 Å². The van der Waals surface area contributed by atoms with E-state index in [9.17, 15) is 0 Å². The molecule has 2 heterocycles. The molecule has 0 aliphatic rings. The Morgan fingerprint density at radius 2 is 2.12 bits per heavy atom. The molecule has 0 amide bonds. The lowest BCUT2D eigenvalue weighted by atomic mass is 10.1. The van der Waals surface area contributed by atoms with Crippen molar-refractivity contribution in [2.24, 2.45) is 4.99 Å². The van der Waals surface area contributed by atoms with Crippen LogP contribution in [-0.2, 0) is 13.1 Å². The van der Waals surface area contributed by atoms with Crippen molar-refractivity contribution in [1.29, 1.82) is 5.26 Å². The van der Waals surface area contributed by atoms with Crippen molar-refractivity contribution in [2.45, 2.75) is 20.0 Å². The number of guanidine groups is 1. The first-order valence-electron chi connectivity index (χ1n) is 8.10. The summed E-state index contributed by atoms with van der Waals surface area (Å²) in [5.74, 6) is 1.50. The molecule has 3 rings (SSSR count). The van der Waals surface area contributed by atoms with Crippen molar-refractivity contribution in [1.82, 2.24) is 25.2 Å². The number of nitrogens with zero attached hydrogens (tertiary/aromatic N) is 5. The summed E-state index contributed by atoms with van der Waals surface area (Å²) in [6.45, 7) is 3.77. The molecule has 0 atom stereocenters. The monoisotopic (exact) mass is 333 g/mol. The quantitative estimate of drug-likeness (QED) is 0.549. The molecule has 0 bridgehead atoms. The van der Waals surface area contributed by atoms with Crippen LogP contribution in [0.2, 0.25) is 0 Å². The van der Waals surface area contributed by atoms with Gasteiger partial charge in [-0.15, -0.1) is 10.2 Å². The lowest BCUT2D eigenvalue weighted by Crippen LogP contribution is -2.37. The molecule has 3 aromatic rings. The number of pyridine rings is 1. The van der Waals surface area contributed by atoms with Crippen molar-refractivity contribution in [3.05, 3.63) is 65.6 Å². The minimum absolute atomic E-state index is 0.492. The van der Waals surface area contributed by atoms with Crippen LogP contribution in [0.4, 0.5) is 0 Å². The van der Waals surface area contributed by atoms with Crippen LogP contribution in [0.15, 0.2) is 53.7 Å². The number of aliphatic imine (C=N–C) groups is 1. The fourth-order valence-corrected chi connectivity index (χ4v) is 2.43. The molecule has 0 aliphatic carbocycles. The fraction of sp³-hybridized carbons (Fsp3) is 0.222. The van der Waals surface area contributed by atoms with Crippen LogP contribution in [0.3, 0.4) is 0 Å². The highest BCUT2D eigenvalue weighted by Gasteiger charge is 2.05. The van der Waals surface area contributed by atoms with Gasteiger partial charge in [0.05, 0.1) is 24.7 Å². The molecule has 25 heavy (non-hydrogen) atoms. The SMILES string of the molecule is CCNC(=NCc1cccc(C#N)c1)NCc1nnc2ccccn12. The molecule has 126 valence electrons. The van der Waals surface area contributed by atoms with Gasteiger partial charge in [-0.25, -0.2) is 4.99 Å². The number of nitriles is 1. The number of hydrogen-bond donors (Lipinski definition) is 2. The van der Waals surface area contributed by atoms with Gasteiger partial charge >= 0.3 is 0 Å². The number of nitrogens with one attached hydrogen (secondary N) is 2. The van der Waals surface area contributed by atoms with Gasteiger partial charge < -0.3 is 10.6 Å². The summed E-state index contributed by atoms with van der Waals surface area (Å²) in [4.78, 5) is 4.57. The molecule has 1 aromatic carbocycles. The Morgan fingerprint density at radius 1 is 1.20 bits per heavy atom. The normalized spacial score (nSPS) is 11.3. The first-order valence-corrected chi connectivity index (χ1v) is 8.10. The smallest absolute Gasteiger partial charge is 0.191 e. The highest BCUT2D eigenvalue weighted by molar-refractivity contribution is 5.79. The van der Waals surface area contributed by atoms with Gasteiger partial charge in [0.25, 0.3) is 0 Å². The molecule has 0 saturated heterocycles. The summed E-state index contributed by atoms with van der Waals surface area (Å²) in [6.07, 6.45) is 1.93. The zero-order valence-electron chi connectivity index (χ0n) is 14.0. The molecule has 7 nitrogen and oxygen atoms in total. The van der Waals surface area contributed by atoms with E-state index < -0.39 is 0 Å². The Labute approximate surface area is 146 Å². The second kappa shape index (κ2) is 7.93. The molecule has 0 radical (unpaired) electrons. The van der Waals surface area contributed by atoms with Gasteiger partial charge in [0, 0.05) is 12.7 Å². The van der Waals surface area contributed by atoms with E-state index in [4.69, 9.17) is 5.26 Å². The molecule has 0 unspecified atom stereocenters. The van der Waals surface area contributed by atoms with Crippen LogP contribution in [0.25, 0.3) is 5.65 Å². The van der Waals surface area contributed by atoms with Gasteiger partial charge in [-0.1, -0.05) is 18.2 Å². The van der Waals surface area contributed by atoms with E-state index in [0.717, 1.165) is 23.6 Å². The van der Waals surface area contributed by atoms with Crippen molar-refractivity contribution in [3.8, 4) is 6.07 Å². The maximum atomic E-state index is 8.97. The third kappa shape index (κ3) is 4.12. The Balaban J connectivity index is 1.69. The van der Waals surface area contributed by atoms with E-state index in [1.165, 1.54) is 0 Å². The van der Waals surface area contributed by atoms with Crippen LogP contribution < -0.4 is 10.6 Å². The molecule has 0 spiro atoms. The lowest BCUT2D eigenvalue weighted by Gasteiger charge is -2.10. The summed E-state index contributed by atoms with van der Waals surface area (Å²) in [6, 6.07) is 15.4. The average molecular weight is 333 g/mol. The average Bonchev–Trinajstić information content (AvgIpc) is 3.07. The fourth-order valence-electron chi connectivity index (χ4n) is 2.43. The Bertz CT molecular complexity index is 920. The first-order chi connectivity index (χ1) is 12.3. The molecule has 0 aliphatic heterocycles. The summed E-state index contributed by atoms with van der Waals surface area (Å²) in [5, 5.41) is 23.8. The van der Waals surface area contributed by atoms with Gasteiger partial charge in [0.2, 0.25) is 0 Å². The lowest BCUT2D eigenvalue weighted by molar-refractivity contribution is 0.765. The van der Waals surface area contributed by atoms with Crippen molar-refractivity contribution in [3.63, 3.8) is 0 Å². The van der Waals surface area contributed by atoms with Crippen LogP contribution in [0.1, 0.15) is 23.9 Å². The molecular formula is C18H19N7. The minimum Gasteiger partial charge on any atom is -0.357 e. The predicted molar refractivity (Wildman–Crippen MR) is 95.8 cm³/mol. The van der Waals surface area contributed by atoms with Crippen molar-refractivity contribution < 1.29 is 0 Å². The number of hydrogen-bond acceptors (Lipinski definition) is 4. The number of rotatable bonds is 5. The summed E-state index contributed by atoms with van der Waals surface area (Å²) < 4.78 is 1.94. The van der Waals surface area contributed by atoms with E-state index in [1.54, 1.807) is 6.07 Å². The summed E-state index contributed by atoms with van der Waals surface area (Å²) in [7, 11) is 0. The number of fused-ring (bicyclic) bond motifs is 1. The Hall–Kier alpha value is -3.40. The number of benzene rings is 1. The number of aromatic nitrogens is 3. The van der Waals surface area contributed by atoms with Gasteiger partial charge in [0.15, 0.2) is 17.4 Å². The molecule has 7 heteroatoms. The van der Waals surface area contributed by atoms with E-state index >= 15 is 0 Å². The first kappa shape index (κ1) is 16.5. The van der Waals surface area contributed by atoms with Crippen LogP contribution in [0, 0.1) is 11.3 Å².